The molecular formula is C33H28FN9O2. The molecule has 0 spiro atoms. The van der Waals surface area contributed by atoms with Gasteiger partial charge in [-0.15, -0.1) is 0 Å². The number of rotatable bonds is 6. The summed E-state index contributed by atoms with van der Waals surface area (Å²) in [5, 5.41) is 15.3. The Bertz CT molecular complexity index is 2060. The van der Waals surface area contributed by atoms with Crippen molar-refractivity contribution in [3.63, 3.8) is 0 Å². The predicted octanol–water partition coefficient (Wildman–Crippen LogP) is 5.00. The van der Waals surface area contributed by atoms with Crippen LogP contribution in [0.15, 0.2) is 77.9 Å². The van der Waals surface area contributed by atoms with Gasteiger partial charge >= 0.3 is 0 Å². The van der Waals surface area contributed by atoms with Gasteiger partial charge in [0, 0.05) is 61.1 Å². The van der Waals surface area contributed by atoms with Gasteiger partial charge in [0.2, 0.25) is 5.89 Å². The largest absolute Gasteiger partial charge is 0.436 e. The number of nitrogens with zero attached hydrogens (tertiary/aromatic N) is 8. The minimum absolute atomic E-state index is 0.189. The third kappa shape index (κ3) is 4.63. The minimum Gasteiger partial charge on any atom is -0.436 e. The van der Waals surface area contributed by atoms with Crippen LogP contribution in [0.2, 0.25) is 0 Å². The average molecular weight is 602 g/mol. The highest BCUT2D eigenvalue weighted by Crippen LogP contribution is 2.37. The van der Waals surface area contributed by atoms with E-state index in [9.17, 15) is 10.1 Å². The fourth-order valence-corrected chi connectivity index (χ4v) is 6.69. The van der Waals surface area contributed by atoms with Crippen LogP contribution in [-0.2, 0) is 5.54 Å². The molecule has 2 saturated heterocycles. The number of oxazole rings is 1. The van der Waals surface area contributed by atoms with Crippen molar-refractivity contribution < 1.29 is 13.6 Å². The number of nitrogens with one attached hydrogen (secondary N) is 1. The number of hydrogen-bond donors (Lipinski definition) is 1. The Morgan fingerprint density at radius 2 is 1.98 bits per heavy atom. The molecule has 2 aliphatic rings. The van der Waals surface area contributed by atoms with Crippen LogP contribution in [0.1, 0.15) is 29.6 Å². The number of benzene rings is 2. The van der Waals surface area contributed by atoms with Crippen LogP contribution < -0.4 is 0 Å². The molecule has 8 rings (SSSR count). The maximum absolute atomic E-state index is 15.1. The van der Waals surface area contributed by atoms with Gasteiger partial charge in [-0.25, -0.2) is 19.3 Å². The fraction of sp³-hybridized carbons (Fsp3) is 0.273. The van der Waals surface area contributed by atoms with Gasteiger partial charge in [0.15, 0.2) is 5.58 Å². The maximum atomic E-state index is 15.1. The predicted molar refractivity (Wildman–Crippen MR) is 163 cm³/mol. The molecule has 1 amide bonds. The monoisotopic (exact) mass is 601 g/mol. The Kier molecular flexibility index (Phi) is 6.42. The number of para-hydroxylation sites is 2. The normalized spacial score (nSPS) is 17.0. The molecule has 2 aliphatic heterocycles. The summed E-state index contributed by atoms with van der Waals surface area (Å²) in [7, 11) is 0. The van der Waals surface area contributed by atoms with Crippen LogP contribution >= 0.6 is 0 Å². The van der Waals surface area contributed by atoms with Crippen molar-refractivity contribution in [2.24, 2.45) is 0 Å². The van der Waals surface area contributed by atoms with Gasteiger partial charge in [0.25, 0.3) is 5.91 Å². The summed E-state index contributed by atoms with van der Waals surface area (Å²) in [5.41, 5.74) is 3.78. The number of aromatic amines is 1. The summed E-state index contributed by atoms with van der Waals surface area (Å²) < 4.78 is 22.8. The molecule has 2 aromatic carbocycles. The summed E-state index contributed by atoms with van der Waals surface area (Å²) in [6.45, 7) is 2.55. The van der Waals surface area contributed by atoms with Crippen molar-refractivity contribution in [3.05, 3.63) is 84.8 Å². The van der Waals surface area contributed by atoms with E-state index < -0.39 is 11.4 Å². The molecule has 0 unspecified atom stereocenters. The number of aromatic nitrogens is 6. The SMILES string of the molecule is N#CCC1(n2cc(-c3ncnc4[nH]ccc34)cn2)CN(C2CCN(C(=O)c3ccc(-c4nc5ccccc5o4)c(F)c3)CC2)C1. The van der Waals surface area contributed by atoms with E-state index in [4.69, 9.17) is 4.42 Å². The zero-order valence-corrected chi connectivity index (χ0v) is 24.2. The molecule has 11 nitrogen and oxygen atoms in total. The van der Waals surface area contributed by atoms with Gasteiger partial charge in [-0.2, -0.15) is 10.4 Å². The lowest BCUT2D eigenvalue weighted by atomic mass is 9.83. The van der Waals surface area contributed by atoms with Gasteiger partial charge in [-0.1, -0.05) is 12.1 Å². The summed E-state index contributed by atoms with van der Waals surface area (Å²) in [4.78, 5) is 33.7. The third-order valence-electron chi connectivity index (χ3n) is 9.11. The first-order chi connectivity index (χ1) is 22.0. The topological polar surface area (TPSA) is 133 Å². The van der Waals surface area contributed by atoms with E-state index in [1.807, 2.05) is 35.3 Å². The van der Waals surface area contributed by atoms with Crippen LogP contribution in [0.4, 0.5) is 4.39 Å². The van der Waals surface area contributed by atoms with E-state index in [-0.39, 0.29) is 23.4 Å². The number of carbonyl (C=O) groups is 1. The molecule has 6 aromatic rings. The molecule has 45 heavy (non-hydrogen) atoms. The first-order valence-corrected chi connectivity index (χ1v) is 14.9. The van der Waals surface area contributed by atoms with Crippen LogP contribution in [-0.4, -0.2) is 77.6 Å². The van der Waals surface area contributed by atoms with E-state index in [2.05, 4.69) is 36.0 Å². The standard InChI is InChI=1S/C33H28FN9O2/c34-26-15-21(5-6-24(26)31-40-27-3-1-2-4-28(27)45-31)32(44)41-13-8-23(9-14-41)42-18-33(19-42,10-11-35)43-17-22(16-39-43)29-25-7-12-36-30(25)38-20-37-29/h1-7,12,15-17,20,23H,8-10,13-14,18-19H2,(H,36,37,38). The lowest BCUT2D eigenvalue weighted by Gasteiger charge is -2.53. The number of hydrogen-bond acceptors (Lipinski definition) is 8. The Hall–Kier alpha value is -5.41. The smallest absolute Gasteiger partial charge is 0.253 e. The van der Waals surface area contributed by atoms with Gasteiger partial charge in [-0.3, -0.25) is 14.4 Å². The molecule has 0 radical (unpaired) electrons. The number of amides is 1. The zero-order valence-electron chi connectivity index (χ0n) is 24.2. The van der Waals surface area contributed by atoms with Gasteiger partial charge in [-0.05, 0) is 49.2 Å². The second-order valence-corrected chi connectivity index (χ2v) is 11.8. The second-order valence-electron chi connectivity index (χ2n) is 11.8. The molecule has 0 atom stereocenters. The van der Waals surface area contributed by atoms with E-state index >= 15 is 4.39 Å². The number of halogens is 1. The lowest BCUT2D eigenvalue weighted by molar-refractivity contribution is -0.0412. The Morgan fingerprint density at radius 3 is 2.78 bits per heavy atom. The molecule has 224 valence electrons. The number of likely N-dealkylation sites (tertiary alicyclic amines) is 2. The first kappa shape index (κ1) is 27.2. The molecule has 2 fully saturated rings. The molecule has 12 heteroatoms. The van der Waals surface area contributed by atoms with E-state index in [1.54, 1.807) is 35.4 Å². The molecule has 1 N–H and O–H groups in total. The Morgan fingerprint density at radius 1 is 1.13 bits per heavy atom. The van der Waals surface area contributed by atoms with Gasteiger partial charge < -0.3 is 14.3 Å². The Labute approximate surface area is 256 Å². The van der Waals surface area contributed by atoms with E-state index in [0.29, 0.717) is 49.3 Å². The van der Waals surface area contributed by atoms with Crippen molar-refractivity contribution in [2.45, 2.75) is 30.8 Å². The van der Waals surface area contributed by atoms with Crippen LogP contribution in [0.3, 0.4) is 0 Å². The number of carbonyl (C=O) groups excluding carboxylic acids is 1. The second kappa shape index (κ2) is 10.6. The molecule has 4 aromatic heterocycles. The first-order valence-electron chi connectivity index (χ1n) is 14.9. The van der Waals surface area contributed by atoms with Crippen LogP contribution in [0.5, 0.6) is 0 Å². The maximum Gasteiger partial charge on any atom is 0.253 e. The minimum atomic E-state index is -0.546. The van der Waals surface area contributed by atoms with Crippen molar-refractivity contribution in [1.29, 1.82) is 5.26 Å². The summed E-state index contributed by atoms with van der Waals surface area (Å²) in [6.07, 6.45) is 9.08. The van der Waals surface area contributed by atoms with Gasteiger partial charge in [0.1, 0.15) is 28.8 Å². The van der Waals surface area contributed by atoms with Crippen LogP contribution in [0.25, 0.3) is 44.8 Å². The summed E-state index contributed by atoms with van der Waals surface area (Å²) in [5.74, 6) is -0.547. The zero-order chi connectivity index (χ0) is 30.5. The van der Waals surface area contributed by atoms with Crippen molar-refractivity contribution in [1.82, 2.24) is 39.5 Å². The molecular weight excluding hydrogens is 573 g/mol. The number of fused-ring (bicyclic) bond motifs is 2. The number of nitriles is 1. The van der Waals surface area contributed by atoms with Crippen molar-refractivity contribution in [2.75, 3.05) is 26.2 Å². The number of piperidine rings is 1. The van der Waals surface area contributed by atoms with Crippen molar-refractivity contribution >= 4 is 28.0 Å². The molecule has 0 saturated carbocycles. The quantitative estimate of drug-likeness (QED) is 0.282. The molecule has 0 aliphatic carbocycles. The fourth-order valence-electron chi connectivity index (χ4n) is 6.69. The van der Waals surface area contributed by atoms with E-state index in [0.717, 1.165) is 35.1 Å². The summed E-state index contributed by atoms with van der Waals surface area (Å²) >= 11 is 0. The highest BCUT2D eigenvalue weighted by molar-refractivity contribution is 5.95. The van der Waals surface area contributed by atoms with Crippen LogP contribution in [0, 0.1) is 17.1 Å². The highest BCUT2D eigenvalue weighted by Gasteiger charge is 2.48. The lowest BCUT2D eigenvalue weighted by Crippen LogP contribution is -2.66. The Balaban J connectivity index is 0.915. The van der Waals surface area contributed by atoms with Gasteiger partial charge in [0.05, 0.1) is 29.9 Å². The summed E-state index contributed by atoms with van der Waals surface area (Å²) in [6, 6.07) is 16.3. The van der Waals surface area contributed by atoms with E-state index in [1.165, 1.54) is 12.4 Å². The molecule has 0 bridgehead atoms. The average Bonchev–Trinajstić information content (AvgIpc) is 3.82. The molecule has 6 heterocycles. The number of H-pyrrole nitrogens is 1. The van der Waals surface area contributed by atoms with Crippen molar-refractivity contribution in [3.8, 4) is 28.8 Å². The highest BCUT2D eigenvalue weighted by atomic mass is 19.1. The third-order valence-corrected chi connectivity index (χ3v) is 9.11.